The molecule has 1 saturated carbocycles. The molecule has 2 aliphatic heterocycles. The Morgan fingerprint density at radius 3 is 2.67 bits per heavy atom. The summed E-state index contributed by atoms with van der Waals surface area (Å²) in [6, 6.07) is 0. The van der Waals surface area contributed by atoms with Crippen molar-refractivity contribution in [2.24, 2.45) is 17.1 Å². The lowest BCUT2D eigenvalue weighted by molar-refractivity contribution is -0.172. The van der Waals surface area contributed by atoms with Gasteiger partial charge in [-0.3, -0.25) is 0 Å². The monoisotopic (exact) mass is 210 g/mol. The van der Waals surface area contributed by atoms with Crippen LogP contribution in [-0.2, 0) is 0 Å². The Balaban J connectivity index is 1.88. The van der Waals surface area contributed by atoms with Crippen molar-refractivity contribution in [2.75, 3.05) is 26.2 Å². The van der Waals surface area contributed by atoms with Crippen LogP contribution in [0.4, 0.5) is 0 Å². The van der Waals surface area contributed by atoms with E-state index in [0.29, 0.717) is 12.5 Å². The molecule has 3 N–H and O–H groups in total. The van der Waals surface area contributed by atoms with E-state index in [9.17, 15) is 5.11 Å². The maximum atomic E-state index is 11.0. The van der Waals surface area contributed by atoms with Gasteiger partial charge in [-0.25, -0.2) is 0 Å². The van der Waals surface area contributed by atoms with Gasteiger partial charge in [-0.1, -0.05) is 6.42 Å². The van der Waals surface area contributed by atoms with Crippen LogP contribution in [0.5, 0.6) is 0 Å². The molecule has 3 atom stereocenters. The summed E-state index contributed by atoms with van der Waals surface area (Å²) in [4.78, 5) is 2.49. The first-order valence-electron chi connectivity index (χ1n) is 6.35. The Bertz CT molecular complexity index is 259. The smallest absolute Gasteiger partial charge is 0.0768 e. The van der Waals surface area contributed by atoms with E-state index < -0.39 is 5.60 Å². The van der Waals surface area contributed by atoms with E-state index in [0.717, 1.165) is 32.4 Å². The highest BCUT2D eigenvalue weighted by molar-refractivity contribution is 5.11. The third-order valence-electron chi connectivity index (χ3n) is 5.38. The highest BCUT2D eigenvalue weighted by atomic mass is 16.3. The van der Waals surface area contributed by atoms with Gasteiger partial charge in [0.1, 0.15) is 0 Å². The Labute approximate surface area is 91.6 Å². The van der Waals surface area contributed by atoms with Crippen LogP contribution in [-0.4, -0.2) is 41.8 Å². The van der Waals surface area contributed by atoms with E-state index >= 15 is 0 Å². The van der Waals surface area contributed by atoms with Crippen molar-refractivity contribution in [1.29, 1.82) is 0 Å². The molecule has 86 valence electrons. The summed E-state index contributed by atoms with van der Waals surface area (Å²) in [5.41, 5.74) is 5.58. The first-order valence-corrected chi connectivity index (χ1v) is 6.35. The molecule has 3 nitrogen and oxygen atoms in total. The van der Waals surface area contributed by atoms with E-state index in [1.807, 2.05) is 0 Å². The minimum atomic E-state index is -0.437. The molecule has 0 spiro atoms. The molecule has 2 heterocycles. The molecular weight excluding hydrogens is 188 g/mol. The van der Waals surface area contributed by atoms with Gasteiger partial charge in [0.15, 0.2) is 0 Å². The van der Waals surface area contributed by atoms with Crippen LogP contribution >= 0.6 is 0 Å². The fourth-order valence-electron chi connectivity index (χ4n) is 4.07. The summed E-state index contributed by atoms with van der Waals surface area (Å²) in [6.45, 7) is 4.06. The van der Waals surface area contributed by atoms with Crippen LogP contribution in [0.3, 0.4) is 0 Å². The summed E-state index contributed by atoms with van der Waals surface area (Å²) in [6.07, 6.45) is 5.69. The first-order chi connectivity index (χ1) is 7.20. The average Bonchev–Trinajstić information content (AvgIpc) is 2.57. The molecule has 3 unspecified atom stereocenters. The highest BCUT2D eigenvalue weighted by Crippen LogP contribution is 2.56. The van der Waals surface area contributed by atoms with Gasteiger partial charge in [0.2, 0.25) is 0 Å². The Morgan fingerprint density at radius 2 is 2.07 bits per heavy atom. The molecule has 3 heteroatoms. The summed E-state index contributed by atoms with van der Waals surface area (Å²) < 4.78 is 0. The lowest BCUT2D eigenvalue weighted by Gasteiger charge is -2.57. The Morgan fingerprint density at radius 1 is 1.27 bits per heavy atom. The van der Waals surface area contributed by atoms with E-state index in [2.05, 4.69) is 4.90 Å². The average molecular weight is 210 g/mol. The van der Waals surface area contributed by atoms with Crippen molar-refractivity contribution in [2.45, 2.75) is 37.7 Å². The highest BCUT2D eigenvalue weighted by Gasteiger charge is 2.59. The van der Waals surface area contributed by atoms with Crippen molar-refractivity contribution in [3.05, 3.63) is 0 Å². The lowest BCUT2D eigenvalue weighted by Crippen LogP contribution is -2.63. The van der Waals surface area contributed by atoms with Crippen LogP contribution in [0.25, 0.3) is 0 Å². The predicted molar refractivity (Wildman–Crippen MR) is 59.5 cm³/mol. The number of fused-ring (bicyclic) bond motifs is 2. The first kappa shape index (κ1) is 10.1. The van der Waals surface area contributed by atoms with Gasteiger partial charge in [-0.05, 0) is 32.2 Å². The molecule has 0 amide bonds. The molecule has 2 saturated heterocycles. The molecule has 0 aromatic heterocycles. The Hall–Kier alpha value is -0.120. The summed E-state index contributed by atoms with van der Waals surface area (Å²) in [5, 5.41) is 11.0. The molecule has 3 aliphatic rings. The van der Waals surface area contributed by atoms with Crippen molar-refractivity contribution in [1.82, 2.24) is 4.90 Å². The molecule has 3 rings (SSSR count). The fraction of sp³-hybridized carbons (Fsp3) is 1.00. The fourth-order valence-corrected chi connectivity index (χ4v) is 4.07. The van der Waals surface area contributed by atoms with E-state index in [1.165, 1.54) is 19.4 Å². The van der Waals surface area contributed by atoms with Gasteiger partial charge in [0.25, 0.3) is 0 Å². The number of nitrogens with zero attached hydrogens (tertiary/aromatic N) is 1. The summed E-state index contributed by atoms with van der Waals surface area (Å²) in [5.74, 6) is 0.495. The number of aliphatic hydroxyl groups is 1. The van der Waals surface area contributed by atoms with Gasteiger partial charge in [0.05, 0.1) is 5.60 Å². The number of hydrogen-bond acceptors (Lipinski definition) is 3. The summed E-state index contributed by atoms with van der Waals surface area (Å²) >= 11 is 0. The Kier molecular flexibility index (Phi) is 2.14. The van der Waals surface area contributed by atoms with Crippen molar-refractivity contribution < 1.29 is 5.11 Å². The summed E-state index contributed by atoms with van der Waals surface area (Å²) in [7, 11) is 0. The van der Waals surface area contributed by atoms with Gasteiger partial charge in [0, 0.05) is 31.0 Å². The van der Waals surface area contributed by atoms with Gasteiger partial charge < -0.3 is 15.7 Å². The van der Waals surface area contributed by atoms with Crippen molar-refractivity contribution in [3.63, 3.8) is 0 Å². The van der Waals surface area contributed by atoms with E-state index in [-0.39, 0.29) is 5.41 Å². The maximum absolute atomic E-state index is 11.0. The third-order valence-corrected chi connectivity index (χ3v) is 5.38. The van der Waals surface area contributed by atoms with Crippen LogP contribution in [0.2, 0.25) is 0 Å². The second-order valence-electron chi connectivity index (χ2n) is 5.80. The SMILES string of the molecule is NCC1(C2(O)CCN3CCC2C3)CCC1. The minimum Gasteiger partial charge on any atom is -0.389 e. The predicted octanol–water partition coefficient (Wildman–Crippen LogP) is 0.572. The molecule has 0 aromatic rings. The quantitative estimate of drug-likeness (QED) is 0.700. The number of rotatable bonds is 2. The standard InChI is InChI=1S/C12H22N2O/c13-9-11(3-1-4-11)12(15)5-7-14-6-2-10(12)8-14/h10,15H,1-9,13H2. The van der Waals surface area contributed by atoms with Crippen LogP contribution in [0.15, 0.2) is 0 Å². The minimum absolute atomic E-state index is 0.0775. The van der Waals surface area contributed by atoms with Crippen LogP contribution in [0, 0.1) is 11.3 Å². The molecular formula is C12H22N2O. The number of hydrogen-bond donors (Lipinski definition) is 2. The molecule has 0 aromatic carbocycles. The maximum Gasteiger partial charge on any atom is 0.0768 e. The van der Waals surface area contributed by atoms with Crippen LogP contribution < -0.4 is 5.73 Å². The van der Waals surface area contributed by atoms with Gasteiger partial charge in [-0.15, -0.1) is 0 Å². The second-order valence-corrected chi connectivity index (χ2v) is 5.80. The van der Waals surface area contributed by atoms with E-state index in [1.54, 1.807) is 0 Å². The third kappa shape index (κ3) is 1.17. The second kappa shape index (κ2) is 3.19. The van der Waals surface area contributed by atoms with Crippen LogP contribution in [0.1, 0.15) is 32.1 Å². The zero-order valence-electron chi connectivity index (χ0n) is 9.41. The lowest BCUT2D eigenvalue weighted by atomic mass is 9.53. The molecule has 0 radical (unpaired) electrons. The van der Waals surface area contributed by atoms with Gasteiger partial charge >= 0.3 is 0 Å². The zero-order chi connectivity index (χ0) is 10.5. The van der Waals surface area contributed by atoms with Crippen molar-refractivity contribution in [3.8, 4) is 0 Å². The molecule has 3 fully saturated rings. The largest absolute Gasteiger partial charge is 0.389 e. The number of piperidine rings is 1. The topological polar surface area (TPSA) is 49.5 Å². The normalized spacial score (nSPS) is 47.6. The molecule has 1 aliphatic carbocycles. The van der Waals surface area contributed by atoms with E-state index in [4.69, 9.17) is 5.73 Å². The van der Waals surface area contributed by atoms with Crippen molar-refractivity contribution >= 4 is 0 Å². The van der Waals surface area contributed by atoms with Gasteiger partial charge in [-0.2, -0.15) is 0 Å². The number of nitrogens with two attached hydrogens (primary N) is 1. The zero-order valence-corrected chi connectivity index (χ0v) is 9.41. The molecule has 2 bridgehead atoms. The molecule has 15 heavy (non-hydrogen) atoms.